The Morgan fingerprint density at radius 3 is 2.08 bits per heavy atom. The molecule has 0 aliphatic rings. The van der Waals surface area contributed by atoms with Gasteiger partial charge in [0.05, 0.1) is 13.2 Å². The molecule has 5 nitrogen and oxygen atoms in total. The summed E-state index contributed by atoms with van der Waals surface area (Å²) in [5.74, 6) is 0.656. The van der Waals surface area contributed by atoms with Crippen LogP contribution in [0.1, 0.15) is 22.0 Å². The Labute approximate surface area is 150 Å². The molecule has 0 heterocycles. The number of anilines is 1. The van der Waals surface area contributed by atoms with Crippen LogP contribution in [0.4, 0.5) is 5.69 Å². The molecule has 134 valence electrons. The highest BCUT2D eigenvalue weighted by Gasteiger charge is 2.16. The summed E-state index contributed by atoms with van der Waals surface area (Å²) >= 11 is 0. The zero-order valence-electron chi connectivity index (χ0n) is 15.6. The fraction of sp³-hybridized carbons (Fsp3) is 0.350. The molecule has 1 amide bonds. The second kappa shape index (κ2) is 8.53. The van der Waals surface area contributed by atoms with Crippen LogP contribution >= 0.6 is 0 Å². The summed E-state index contributed by atoms with van der Waals surface area (Å²) in [6.07, 6.45) is 0. The first-order valence-corrected chi connectivity index (χ1v) is 8.28. The van der Waals surface area contributed by atoms with E-state index in [1.807, 2.05) is 28.2 Å². The molecule has 2 aromatic rings. The second-order valence-corrected chi connectivity index (χ2v) is 6.40. The first-order valence-electron chi connectivity index (χ1n) is 8.28. The van der Waals surface area contributed by atoms with Crippen LogP contribution in [0.5, 0.6) is 5.75 Å². The van der Waals surface area contributed by atoms with E-state index in [1.54, 1.807) is 31.4 Å². The van der Waals surface area contributed by atoms with Crippen molar-refractivity contribution in [2.45, 2.75) is 6.04 Å². The van der Waals surface area contributed by atoms with Gasteiger partial charge >= 0.3 is 0 Å². The Morgan fingerprint density at radius 2 is 1.60 bits per heavy atom. The second-order valence-electron chi connectivity index (χ2n) is 6.40. The average Bonchev–Trinajstić information content (AvgIpc) is 2.62. The fourth-order valence-electron chi connectivity index (χ4n) is 2.63. The minimum absolute atomic E-state index is 0.0839. The van der Waals surface area contributed by atoms with Crippen molar-refractivity contribution in [1.82, 2.24) is 10.2 Å². The van der Waals surface area contributed by atoms with E-state index in [9.17, 15) is 4.79 Å². The molecule has 1 N–H and O–H groups in total. The lowest BCUT2D eigenvalue weighted by Crippen LogP contribution is -2.34. The minimum atomic E-state index is -0.0839. The van der Waals surface area contributed by atoms with E-state index >= 15 is 0 Å². The molecule has 0 radical (unpaired) electrons. The number of amides is 1. The van der Waals surface area contributed by atoms with Gasteiger partial charge in [0.2, 0.25) is 0 Å². The van der Waals surface area contributed by atoms with Crippen LogP contribution in [0.2, 0.25) is 0 Å². The summed E-state index contributed by atoms with van der Waals surface area (Å²) in [5.41, 5.74) is 2.95. The number of carbonyl (C=O) groups is 1. The molecule has 25 heavy (non-hydrogen) atoms. The number of nitrogens with zero attached hydrogens (tertiary/aromatic N) is 2. The SMILES string of the molecule is COc1ccc(C(=O)NCC(c2ccc(N(C)C)cc2)N(C)C)cc1. The molecule has 0 saturated heterocycles. The van der Waals surface area contributed by atoms with Crippen molar-refractivity contribution in [3.05, 3.63) is 59.7 Å². The molecule has 0 aliphatic heterocycles. The zero-order valence-corrected chi connectivity index (χ0v) is 15.6. The van der Waals surface area contributed by atoms with Crippen molar-refractivity contribution in [2.75, 3.05) is 46.7 Å². The van der Waals surface area contributed by atoms with Gasteiger partial charge in [-0.25, -0.2) is 0 Å². The first-order chi connectivity index (χ1) is 11.9. The fourth-order valence-corrected chi connectivity index (χ4v) is 2.63. The highest BCUT2D eigenvalue weighted by atomic mass is 16.5. The monoisotopic (exact) mass is 341 g/mol. The number of hydrogen-bond donors (Lipinski definition) is 1. The van der Waals surface area contributed by atoms with E-state index < -0.39 is 0 Å². The average molecular weight is 341 g/mol. The number of rotatable bonds is 7. The van der Waals surface area contributed by atoms with Gasteiger partial charge in [-0.2, -0.15) is 0 Å². The Bertz CT molecular complexity index is 679. The topological polar surface area (TPSA) is 44.8 Å². The molecule has 0 aliphatic carbocycles. The number of nitrogens with one attached hydrogen (secondary N) is 1. The van der Waals surface area contributed by atoms with Gasteiger partial charge in [-0.3, -0.25) is 4.79 Å². The van der Waals surface area contributed by atoms with Crippen LogP contribution in [0.15, 0.2) is 48.5 Å². The number of ether oxygens (including phenoxy) is 1. The molecular formula is C20H27N3O2. The number of benzene rings is 2. The molecule has 5 heteroatoms. The summed E-state index contributed by atoms with van der Waals surface area (Å²) in [4.78, 5) is 16.5. The van der Waals surface area contributed by atoms with Gasteiger partial charge in [0, 0.05) is 31.9 Å². The van der Waals surface area contributed by atoms with Crippen LogP contribution in [0, 0.1) is 0 Å². The molecule has 1 atom stereocenters. The third kappa shape index (κ3) is 4.97. The van der Waals surface area contributed by atoms with Crippen molar-refractivity contribution in [3.63, 3.8) is 0 Å². The lowest BCUT2D eigenvalue weighted by molar-refractivity contribution is 0.0942. The van der Waals surface area contributed by atoms with Crippen LogP contribution in [-0.4, -0.2) is 52.7 Å². The molecular weight excluding hydrogens is 314 g/mol. The molecule has 0 bridgehead atoms. The maximum Gasteiger partial charge on any atom is 0.251 e. The lowest BCUT2D eigenvalue weighted by Gasteiger charge is -2.26. The summed E-state index contributed by atoms with van der Waals surface area (Å²) in [6.45, 7) is 0.541. The van der Waals surface area contributed by atoms with E-state index in [0.717, 1.165) is 11.4 Å². The van der Waals surface area contributed by atoms with Gasteiger partial charge in [0.1, 0.15) is 5.75 Å². The number of methoxy groups -OCH3 is 1. The van der Waals surface area contributed by atoms with E-state index in [2.05, 4.69) is 39.4 Å². The van der Waals surface area contributed by atoms with Crippen LogP contribution < -0.4 is 15.0 Å². The molecule has 0 fully saturated rings. The van der Waals surface area contributed by atoms with Gasteiger partial charge in [-0.1, -0.05) is 12.1 Å². The van der Waals surface area contributed by atoms with Crippen LogP contribution in [0.3, 0.4) is 0 Å². The summed E-state index contributed by atoms with van der Waals surface area (Å²) in [7, 11) is 9.69. The van der Waals surface area contributed by atoms with E-state index in [1.165, 1.54) is 5.56 Å². The van der Waals surface area contributed by atoms with Crippen LogP contribution in [0.25, 0.3) is 0 Å². The highest BCUT2D eigenvalue weighted by Crippen LogP contribution is 2.21. The Hall–Kier alpha value is -2.53. The molecule has 0 aromatic heterocycles. The number of likely N-dealkylation sites (N-methyl/N-ethyl adjacent to an activating group) is 1. The third-order valence-electron chi connectivity index (χ3n) is 4.23. The Balaban J connectivity index is 2.04. The lowest BCUT2D eigenvalue weighted by atomic mass is 10.0. The van der Waals surface area contributed by atoms with Crippen LogP contribution in [-0.2, 0) is 0 Å². The van der Waals surface area contributed by atoms with Crippen molar-refractivity contribution >= 4 is 11.6 Å². The Morgan fingerprint density at radius 1 is 1.00 bits per heavy atom. The molecule has 2 rings (SSSR count). The normalized spacial score (nSPS) is 11.9. The largest absolute Gasteiger partial charge is 0.497 e. The van der Waals surface area contributed by atoms with Gasteiger partial charge in [0.25, 0.3) is 5.91 Å². The quantitative estimate of drug-likeness (QED) is 0.841. The number of carbonyl (C=O) groups excluding carboxylic acids is 1. The maximum atomic E-state index is 12.4. The third-order valence-corrected chi connectivity index (χ3v) is 4.23. The van der Waals surface area contributed by atoms with Crippen molar-refractivity contribution < 1.29 is 9.53 Å². The summed E-state index contributed by atoms with van der Waals surface area (Å²) in [6, 6.07) is 15.6. The summed E-state index contributed by atoms with van der Waals surface area (Å²) in [5, 5.41) is 3.02. The Kier molecular flexibility index (Phi) is 6.42. The van der Waals surface area contributed by atoms with Crippen molar-refractivity contribution in [1.29, 1.82) is 0 Å². The van der Waals surface area contributed by atoms with Gasteiger partial charge < -0.3 is 19.9 Å². The van der Waals surface area contributed by atoms with Crippen molar-refractivity contribution in [3.8, 4) is 5.75 Å². The smallest absolute Gasteiger partial charge is 0.251 e. The van der Waals surface area contributed by atoms with E-state index in [0.29, 0.717) is 12.1 Å². The van der Waals surface area contributed by atoms with Gasteiger partial charge in [0.15, 0.2) is 0 Å². The molecule has 0 spiro atoms. The molecule has 2 aromatic carbocycles. The molecule has 0 saturated carbocycles. The number of hydrogen-bond acceptors (Lipinski definition) is 4. The maximum absolute atomic E-state index is 12.4. The predicted octanol–water partition coefficient (Wildman–Crippen LogP) is 2.79. The minimum Gasteiger partial charge on any atom is -0.497 e. The standard InChI is InChI=1S/C20H27N3O2/c1-22(2)17-10-6-15(7-11-17)19(23(3)4)14-21-20(24)16-8-12-18(25-5)13-9-16/h6-13,19H,14H2,1-5H3,(H,21,24). The van der Waals surface area contributed by atoms with Gasteiger partial charge in [-0.05, 0) is 56.1 Å². The van der Waals surface area contributed by atoms with Crippen molar-refractivity contribution in [2.24, 2.45) is 0 Å². The first kappa shape index (κ1) is 18.8. The zero-order chi connectivity index (χ0) is 18.4. The molecule has 1 unspecified atom stereocenters. The van der Waals surface area contributed by atoms with E-state index in [4.69, 9.17) is 4.74 Å². The van der Waals surface area contributed by atoms with E-state index in [-0.39, 0.29) is 11.9 Å². The predicted molar refractivity (Wildman–Crippen MR) is 103 cm³/mol. The van der Waals surface area contributed by atoms with Gasteiger partial charge in [-0.15, -0.1) is 0 Å². The summed E-state index contributed by atoms with van der Waals surface area (Å²) < 4.78 is 5.12. The highest BCUT2D eigenvalue weighted by molar-refractivity contribution is 5.94.